The first-order valence-electron chi connectivity index (χ1n) is 6.35. The van der Waals surface area contributed by atoms with Crippen molar-refractivity contribution in [2.45, 2.75) is 13.3 Å². The van der Waals surface area contributed by atoms with Gasteiger partial charge < -0.3 is 15.2 Å². The number of aromatic amines is 1. The van der Waals surface area contributed by atoms with E-state index in [9.17, 15) is 0 Å². The first-order valence-corrected chi connectivity index (χ1v) is 7.15. The fourth-order valence-electron chi connectivity index (χ4n) is 2.41. The number of aromatic nitrogens is 2. The van der Waals surface area contributed by atoms with Crippen molar-refractivity contribution in [3.05, 3.63) is 22.2 Å². The average Bonchev–Trinajstić information content (AvgIpc) is 2.59. The normalized spacial score (nSPS) is 17.1. The van der Waals surface area contributed by atoms with Crippen LogP contribution in [-0.2, 0) is 0 Å². The molecule has 1 aliphatic heterocycles. The van der Waals surface area contributed by atoms with Crippen LogP contribution in [0.5, 0.6) is 0 Å². The second-order valence-electron chi connectivity index (χ2n) is 4.79. The minimum absolute atomic E-state index is 0.986. The van der Waals surface area contributed by atoms with E-state index in [2.05, 4.69) is 50.2 Å². The molecule has 0 spiro atoms. The van der Waals surface area contributed by atoms with Crippen LogP contribution in [0.15, 0.2) is 16.6 Å². The second-order valence-corrected chi connectivity index (χ2v) is 5.65. The van der Waals surface area contributed by atoms with Crippen LogP contribution in [0.3, 0.4) is 0 Å². The maximum absolute atomic E-state index is 4.71. The number of halogens is 1. The maximum atomic E-state index is 4.71. The first-order chi connectivity index (χ1) is 8.74. The predicted octanol–water partition coefficient (Wildman–Crippen LogP) is 2.43. The van der Waals surface area contributed by atoms with E-state index in [1.54, 1.807) is 0 Å². The largest absolute Gasteiger partial charge is 0.341 e. The highest BCUT2D eigenvalue weighted by Gasteiger charge is 2.14. The Kier molecular flexibility index (Phi) is 3.26. The van der Waals surface area contributed by atoms with Crippen molar-refractivity contribution < 1.29 is 0 Å². The van der Waals surface area contributed by atoms with Crippen molar-refractivity contribution in [2.24, 2.45) is 0 Å². The number of nitrogens with one attached hydrogen (secondary N) is 2. The van der Waals surface area contributed by atoms with Crippen LogP contribution in [0.2, 0.25) is 0 Å². The molecule has 2 aromatic rings. The van der Waals surface area contributed by atoms with Crippen LogP contribution < -0.4 is 10.2 Å². The average molecular weight is 309 g/mol. The molecule has 96 valence electrons. The van der Waals surface area contributed by atoms with Crippen molar-refractivity contribution >= 4 is 32.9 Å². The van der Waals surface area contributed by atoms with Gasteiger partial charge in [-0.15, -0.1) is 0 Å². The fraction of sp³-hybridized carbons (Fsp3) is 0.462. The number of H-pyrrole nitrogens is 1. The number of anilines is 1. The van der Waals surface area contributed by atoms with E-state index < -0.39 is 0 Å². The molecule has 5 heteroatoms. The lowest BCUT2D eigenvalue weighted by Crippen LogP contribution is -2.28. The molecule has 1 aromatic heterocycles. The maximum Gasteiger partial charge on any atom is 0.203 e. The van der Waals surface area contributed by atoms with Crippen molar-refractivity contribution in [3.63, 3.8) is 0 Å². The second kappa shape index (κ2) is 4.90. The van der Waals surface area contributed by atoms with E-state index in [1.165, 1.54) is 5.56 Å². The van der Waals surface area contributed by atoms with Gasteiger partial charge in [0.15, 0.2) is 0 Å². The number of imidazole rings is 1. The Morgan fingerprint density at radius 3 is 3.06 bits per heavy atom. The van der Waals surface area contributed by atoms with Crippen LogP contribution >= 0.6 is 15.9 Å². The van der Waals surface area contributed by atoms with Gasteiger partial charge in [0.25, 0.3) is 0 Å². The Labute approximate surface area is 115 Å². The Morgan fingerprint density at radius 2 is 2.17 bits per heavy atom. The molecule has 0 unspecified atom stereocenters. The molecule has 1 saturated heterocycles. The van der Waals surface area contributed by atoms with Crippen LogP contribution in [0.25, 0.3) is 11.0 Å². The van der Waals surface area contributed by atoms with Gasteiger partial charge in [-0.2, -0.15) is 0 Å². The Morgan fingerprint density at radius 1 is 1.28 bits per heavy atom. The molecule has 0 bridgehead atoms. The summed E-state index contributed by atoms with van der Waals surface area (Å²) in [6, 6.07) is 4.25. The Hall–Kier alpha value is -1.07. The van der Waals surface area contributed by atoms with Gasteiger partial charge in [-0.1, -0.05) is 0 Å². The standard InChI is InChI=1S/C13H17BrN4/c1-9-7-10(14)12-11(8-9)16-13(17-12)18-5-2-3-15-4-6-18/h7-8,15H,2-6H2,1H3,(H,16,17). The summed E-state index contributed by atoms with van der Waals surface area (Å²) in [5, 5.41) is 3.41. The Balaban J connectivity index is 1.99. The zero-order valence-electron chi connectivity index (χ0n) is 10.5. The van der Waals surface area contributed by atoms with Crippen LogP contribution in [-0.4, -0.2) is 36.1 Å². The molecule has 1 aromatic carbocycles. The first kappa shape index (κ1) is 12.0. The molecule has 2 N–H and O–H groups in total. The molecule has 0 amide bonds. The molecule has 3 rings (SSSR count). The fourth-order valence-corrected chi connectivity index (χ4v) is 3.07. The van der Waals surface area contributed by atoms with Crippen molar-refractivity contribution in [2.75, 3.05) is 31.1 Å². The van der Waals surface area contributed by atoms with E-state index in [0.29, 0.717) is 0 Å². The van der Waals surface area contributed by atoms with Crippen LogP contribution in [0, 0.1) is 6.92 Å². The molecule has 1 aliphatic rings. The number of aryl methyl sites for hydroxylation is 1. The number of rotatable bonds is 1. The third kappa shape index (κ3) is 2.24. The van der Waals surface area contributed by atoms with Crippen molar-refractivity contribution in [1.29, 1.82) is 0 Å². The molecule has 0 saturated carbocycles. The molecule has 4 nitrogen and oxygen atoms in total. The minimum Gasteiger partial charge on any atom is -0.341 e. The Bertz CT molecular complexity index is 555. The topological polar surface area (TPSA) is 44.0 Å². The molecule has 0 atom stereocenters. The lowest BCUT2D eigenvalue weighted by molar-refractivity contribution is 0.724. The van der Waals surface area contributed by atoms with Crippen LogP contribution in [0.1, 0.15) is 12.0 Å². The number of hydrogen-bond acceptors (Lipinski definition) is 3. The van der Waals surface area contributed by atoms with Gasteiger partial charge in [-0.25, -0.2) is 4.98 Å². The summed E-state index contributed by atoms with van der Waals surface area (Å²) >= 11 is 3.59. The lowest BCUT2D eigenvalue weighted by atomic mass is 10.2. The van der Waals surface area contributed by atoms with Gasteiger partial charge in [-0.3, -0.25) is 0 Å². The summed E-state index contributed by atoms with van der Waals surface area (Å²) in [7, 11) is 0. The third-order valence-corrected chi connectivity index (χ3v) is 3.92. The molecule has 0 radical (unpaired) electrons. The smallest absolute Gasteiger partial charge is 0.203 e. The van der Waals surface area contributed by atoms with Crippen molar-refractivity contribution in [1.82, 2.24) is 15.3 Å². The summed E-state index contributed by atoms with van der Waals surface area (Å²) in [6.07, 6.45) is 1.16. The van der Waals surface area contributed by atoms with E-state index in [-0.39, 0.29) is 0 Å². The van der Waals surface area contributed by atoms with Gasteiger partial charge in [0.05, 0.1) is 5.52 Å². The molecule has 1 fully saturated rings. The monoisotopic (exact) mass is 308 g/mol. The van der Waals surface area contributed by atoms with Gasteiger partial charge in [0.1, 0.15) is 5.52 Å². The van der Waals surface area contributed by atoms with Gasteiger partial charge in [0, 0.05) is 24.1 Å². The number of fused-ring (bicyclic) bond motifs is 1. The highest BCUT2D eigenvalue weighted by atomic mass is 79.9. The highest BCUT2D eigenvalue weighted by molar-refractivity contribution is 9.10. The molecular weight excluding hydrogens is 292 g/mol. The van der Waals surface area contributed by atoms with E-state index in [0.717, 1.165) is 54.1 Å². The number of benzene rings is 1. The molecule has 2 heterocycles. The summed E-state index contributed by atoms with van der Waals surface area (Å²) in [5.41, 5.74) is 3.36. The summed E-state index contributed by atoms with van der Waals surface area (Å²) in [6.45, 7) is 6.29. The van der Waals surface area contributed by atoms with Gasteiger partial charge in [-0.05, 0) is 53.5 Å². The van der Waals surface area contributed by atoms with E-state index in [4.69, 9.17) is 4.98 Å². The highest BCUT2D eigenvalue weighted by Crippen LogP contribution is 2.26. The van der Waals surface area contributed by atoms with E-state index >= 15 is 0 Å². The van der Waals surface area contributed by atoms with E-state index in [1.807, 2.05) is 0 Å². The van der Waals surface area contributed by atoms with Crippen molar-refractivity contribution in [3.8, 4) is 0 Å². The summed E-state index contributed by atoms with van der Waals surface area (Å²) in [5.74, 6) is 0.986. The SMILES string of the molecule is Cc1cc(Br)c2nc(N3CCCNCC3)[nH]c2c1. The van der Waals surface area contributed by atoms with Gasteiger partial charge >= 0.3 is 0 Å². The predicted molar refractivity (Wildman–Crippen MR) is 78.2 cm³/mol. The zero-order valence-corrected chi connectivity index (χ0v) is 12.0. The molecular formula is C13H17BrN4. The lowest BCUT2D eigenvalue weighted by Gasteiger charge is -2.18. The summed E-state index contributed by atoms with van der Waals surface area (Å²) < 4.78 is 1.06. The number of hydrogen-bond donors (Lipinski definition) is 2. The number of nitrogens with zero attached hydrogens (tertiary/aromatic N) is 2. The quantitative estimate of drug-likeness (QED) is 0.850. The summed E-state index contributed by atoms with van der Waals surface area (Å²) in [4.78, 5) is 10.5. The van der Waals surface area contributed by atoms with Crippen LogP contribution in [0.4, 0.5) is 5.95 Å². The third-order valence-electron chi connectivity index (χ3n) is 3.31. The minimum atomic E-state index is 0.986. The zero-order chi connectivity index (χ0) is 12.5. The molecule has 18 heavy (non-hydrogen) atoms. The molecule has 0 aliphatic carbocycles. The van der Waals surface area contributed by atoms with Gasteiger partial charge in [0.2, 0.25) is 5.95 Å².